The molecule has 0 fully saturated rings. The molecule has 2 aromatic carbocycles. The third kappa shape index (κ3) is 6.19. The van der Waals surface area contributed by atoms with E-state index in [1.165, 1.54) is 0 Å². The topological polar surface area (TPSA) is 100 Å². The largest absolute Gasteiger partial charge is 0.346 e. The van der Waals surface area contributed by atoms with Crippen molar-refractivity contribution in [3.8, 4) is 0 Å². The second-order valence-electron chi connectivity index (χ2n) is 10.5. The number of amides is 3. The van der Waals surface area contributed by atoms with Crippen molar-refractivity contribution in [2.45, 2.75) is 52.6 Å². The van der Waals surface area contributed by atoms with Gasteiger partial charge < -0.3 is 16.0 Å². The molecule has 0 spiro atoms. The van der Waals surface area contributed by atoms with Crippen LogP contribution >= 0.6 is 0 Å². The molecule has 2 aliphatic rings. The summed E-state index contributed by atoms with van der Waals surface area (Å²) >= 11 is 0. The first-order valence-corrected chi connectivity index (χ1v) is 13.9. The molecule has 1 aliphatic carbocycles. The van der Waals surface area contributed by atoms with Crippen LogP contribution in [0, 0.1) is 0 Å². The Morgan fingerprint density at radius 3 is 2.54 bits per heavy atom. The van der Waals surface area contributed by atoms with Gasteiger partial charge in [0, 0.05) is 34.2 Å². The van der Waals surface area contributed by atoms with Crippen molar-refractivity contribution in [3.63, 3.8) is 0 Å². The number of rotatable bonds is 7. The lowest BCUT2D eigenvalue weighted by atomic mass is 9.94. The second kappa shape index (κ2) is 12.2. The zero-order chi connectivity index (χ0) is 28.9. The number of carbonyl (C=O) groups excluding carboxylic acids is 3. The van der Waals surface area contributed by atoms with Crippen LogP contribution in [-0.4, -0.2) is 22.7 Å². The van der Waals surface area contributed by atoms with Crippen molar-refractivity contribution in [1.82, 2.24) is 15.6 Å². The van der Waals surface area contributed by atoms with E-state index in [2.05, 4.69) is 20.9 Å². The van der Waals surface area contributed by atoms with Crippen LogP contribution in [-0.2, 0) is 16.1 Å². The SMILES string of the molecule is CC1=C(C(=O)NCc2ccccn2)C(C)=C(/C=C2\C(=O)Nc3ccc(C(=O)N[C@H](C)c4ccccc4)cc32)CCC1. The van der Waals surface area contributed by atoms with Gasteiger partial charge in [-0.2, -0.15) is 0 Å². The third-order valence-electron chi connectivity index (χ3n) is 7.70. The van der Waals surface area contributed by atoms with Gasteiger partial charge >= 0.3 is 0 Å². The highest BCUT2D eigenvalue weighted by Gasteiger charge is 2.27. The van der Waals surface area contributed by atoms with Gasteiger partial charge in [-0.05, 0) is 93.2 Å². The van der Waals surface area contributed by atoms with Crippen LogP contribution in [0.3, 0.4) is 0 Å². The van der Waals surface area contributed by atoms with Crippen molar-refractivity contribution >= 4 is 29.0 Å². The van der Waals surface area contributed by atoms with Crippen LogP contribution in [0.2, 0.25) is 0 Å². The fourth-order valence-electron chi connectivity index (χ4n) is 5.40. The number of aromatic nitrogens is 1. The molecule has 0 radical (unpaired) electrons. The minimum Gasteiger partial charge on any atom is -0.346 e. The number of hydrogen-bond acceptors (Lipinski definition) is 4. The standard InChI is InChI=1S/C34H34N4O3/c1-21-10-9-13-25(22(2)31(21)34(41)36-20-27-14-7-8-17-35-27)18-29-28-19-26(15-16-30(28)38-33(29)40)32(39)37-23(3)24-11-5-4-6-12-24/h4-8,11-12,14-19,23H,9-10,13,20H2,1-3H3,(H,36,41)(H,37,39)(H,38,40)/b29-18-/t23-/m1/s1. The van der Waals surface area contributed by atoms with Crippen molar-refractivity contribution in [1.29, 1.82) is 0 Å². The van der Waals surface area contributed by atoms with E-state index >= 15 is 0 Å². The zero-order valence-electron chi connectivity index (χ0n) is 23.6. The molecule has 208 valence electrons. The smallest absolute Gasteiger partial charge is 0.256 e. The van der Waals surface area contributed by atoms with Crippen LogP contribution in [0.15, 0.2) is 101 Å². The summed E-state index contributed by atoms with van der Waals surface area (Å²) in [6, 6.07) is 20.5. The minimum atomic E-state index is -0.221. The molecule has 0 bridgehead atoms. The minimum absolute atomic E-state index is 0.147. The van der Waals surface area contributed by atoms with Crippen LogP contribution < -0.4 is 16.0 Å². The van der Waals surface area contributed by atoms with Gasteiger partial charge in [-0.1, -0.05) is 42.0 Å². The molecule has 1 aliphatic heterocycles. The molecule has 41 heavy (non-hydrogen) atoms. The maximum absolute atomic E-state index is 13.3. The Labute approximate surface area is 240 Å². The van der Waals surface area contributed by atoms with Crippen molar-refractivity contribution < 1.29 is 14.4 Å². The molecule has 5 rings (SSSR count). The fraction of sp³-hybridized carbons (Fsp3) is 0.235. The van der Waals surface area contributed by atoms with Gasteiger partial charge in [0.15, 0.2) is 0 Å². The van der Waals surface area contributed by atoms with Gasteiger partial charge in [0.05, 0.1) is 18.3 Å². The predicted molar refractivity (Wildman–Crippen MR) is 161 cm³/mol. The van der Waals surface area contributed by atoms with E-state index in [1.807, 2.05) is 75.4 Å². The lowest BCUT2D eigenvalue weighted by Gasteiger charge is -2.15. The van der Waals surface area contributed by atoms with Gasteiger partial charge in [0.2, 0.25) is 0 Å². The number of carbonyl (C=O) groups is 3. The van der Waals surface area contributed by atoms with Crippen molar-refractivity contribution in [2.24, 2.45) is 0 Å². The first-order valence-electron chi connectivity index (χ1n) is 13.9. The van der Waals surface area contributed by atoms with Gasteiger partial charge in [-0.25, -0.2) is 0 Å². The molecule has 3 amide bonds. The van der Waals surface area contributed by atoms with E-state index < -0.39 is 0 Å². The van der Waals surface area contributed by atoms with Gasteiger partial charge in [0.1, 0.15) is 0 Å². The maximum atomic E-state index is 13.3. The van der Waals surface area contributed by atoms with Crippen LogP contribution in [0.1, 0.15) is 73.3 Å². The molecule has 7 heteroatoms. The van der Waals surface area contributed by atoms with Crippen LogP contribution in [0.5, 0.6) is 0 Å². The monoisotopic (exact) mass is 546 g/mol. The van der Waals surface area contributed by atoms with Gasteiger partial charge in [-0.15, -0.1) is 0 Å². The summed E-state index contributed by atoms with van der Waals surface area (Å²) < 4.78 is 0. The highest BCUT2D eigenvalue weighted by atomic mass is 16.2. The summed E-state index contributed by atoms with van der Waals surface area (Å²) in [5.74, 6) is -0.578. The Kier molecular flexibility index (Phi) is 8.24. The molecular weight excluding hydrogens is 512 g/mol. The summed E-state index contributed by atoms with van der Waals surface area (Å²) in [6.07, 6.45) is 5.99. The highest BCUT2D eigenvalue weighted by molar-refractivity contribution is 6.32. The quantitative estimate of drug-likeness (QED) is 0.315. The van der Waals surface area contributed by atoms with Crippen LogP contribution in [0.25, 0.3) is 5.57 Å². The Hall–Kier alpha value is -4.78. The average Bonchev–Trinajstić information content (AvgIpc) is 3.22. The average molecular weight is 547 g/mol. The van der Waals surface area contributed by atoms with E-state index in [0.29, 0.717) is 34.5 Å². The molecule has 0 saturated heterocycles. The van der Waals surface area contributed by atoms with Crippen molar-refractivity contribution in [2.75, 3.05) is 5.32 Å². The van der Waals surface area contributed by atoms with Crippen LogP contribution in [0.4, 0.5) is 5.69 Å². The molecule has 1 atom stereocenters. The van der Waals surface area contributed by atoms with E-state index in [9.17, 15) is 14.4 Å². The summed E-state index contributed by atoms with van der Waals surface area (Å²) in [7, 11) is 0. The number of allylic oxidation sites excluding steroid dienone is 3. The fourth-order valence-corrected chi connectivity index (χ4v) is 5.40. The molecular formula is C34H34N4O3. The number of nitrogens with zero attached hydrogens (tertiary/aromatic N) is 1. The molecule has 1 aromatic heterocycles. The molecule has 3 N–H and O–H groups in total. The first kappa shape index (κ1) is 27.8. The third-order valence-corrected chi connectivity index (χ3v) is 7.70. The summed E-state index contributed by atoms with van der Waals surface area (Å²) in [5.41, 5.74) is 7.60. The zero-order valence-corrected chi connectivity index (χ0v) is 23.6. The Bertz CT molecular complexity index is 1590. The van der Waals surface area contributed by atoms with Gasteiger partial charge in [0.25, 0.3) is 17.7 Å². The first-order chi connectivity index (χ1) is 19.8. The molecule has 0 unspecified atom stereocenters. The number of nitrogens with one attached hydrogen (secondary N) is 3. The number of benzene rings is 2. The molecule has 3 aromatic rings. The molecule has 7 nitrogen and oxygen atoms in total. The second-order valence-corrected chi connectivity index (χ2v) is 10.5. The molecule has 0 saturated carbocycles. The lowest BCUT2D eigenvalue weighted by Crippen LogP contribution is -2.26. The Morgan fingerprint density at radius 2 is 1.78 bits per heavy atom. The number of hydrogen-bond donors (Lipinski definition) is 3. The number of fused-ring (bicyclic) bond motifs is 1. The summed E-state index contributed by atoms with van der Waals surface area (Å²) in [5, 5.41) is 8.97. The summed E-state index contributed by atoms with van der Waals surface area (Å²) in [4.78, 5) is 43.8. The highest BCUT2D eigenvalue weighted by Crippen LogP contribution is 2.36. The van der Waals surface area contributed by atoms with E-state index in [-0.39, 0.29) is 23.8 Å². The van der Waals surface area contributed by atoms with Gasteiger partial charge in [-0.3, -0.25) is 19.4 Å². The van der Waals surface area contributed by atoms with E-state index in [0.717, 1.165) is 47.2 Å². The van der Waals surface area contributed by atoms with E-state index in [1.54, 1.807) is 24.4 Å². The van der Waals surface area contributed by atoms with E-state index in [4.69, 9.17) is 0 Å². The lowest BCUT2D eigenvalue weighted by molar-refractivity contribution is -0.117. The van der Waals surface area contributed by atoms with Crippen molar-refractivity contribution in [3.05, 3.63) is 124 Å². The maximum Gasteiger partial charge on any atom is 0.256 e. The normalized spacial score (nSPS) is 16.7. The molecule has 2 heterocycles. The Balaban J connectivity index is 1.41. The Morgan fingerprint density at radius 1 is 1.00 bits per heavy atom. The predicted octanol–water partition coefficient (Wildman–Crippen LogP) is 6.04. The number of pyridine rings is 1. The summed E-state index contributed by atoms with van der Waals surface area (Å²) in [6.45, 7) is 6.22. The number of anilines is 1.